The Morgan fingerprint density at radius 1 is 1.10 bits per heavy atom. The van der Waals surface area contributed by atoms with Gasteiger partial charge in [0.05, 0.1) is 28.0 Å². The first kappa shape index (κ1) is 22.2. The lowest BCUT2D eigenvalue weighted by molar-refractivity contribution is 0.0985. The molecule has 1 heterocycles. The molecule has 0 saturated heterocycles. The van der Waals surface area contributed by atoms with Gasteiger partial charge in [0.25, 0.3) is 5.91 Å². The molecule has 0 N–H and O–H groups in total. The van der Waals surface area contributed by atoms with Crippen molar-refractivity contribution in [1.82, 2.24) is 9.88 Å². The van der Waals surface area contributed by atoms with Crippen LogP contribution in [0.5, 0.6) is 5.75 Å². The Morgan fingerprint density at radius 3 is 2.40 bits per heavy atom. The topological polar surface area (TPSA) is 79.8 Å². The third-order valence-electron chi connectivity index (χ3n) is 4.67. The van der Waals surface area contributed by atoms with Crippen molar-refractivity contribution in [3.05, 3.63) is 48.0 Å². The van der Waals surface area contributed by atoms with Crippen LogP contribution >= 0.6 is 11.3 Å². The van der Waals surface area contributed by atoms with Gasteiger partial charge < -0.3 is 9.64 Å². The highest BCUT2D eigenvalue weighted by Gasteiger charge is 2.22. The summed E-state index contributed by atoms with van der Waals surface area (Å²) in [7, 11) is 2.18. The third-order valence-corrected chi connectivity index (χ3v) is 7.46. The van der Waals surface area contributed by atoms with E-state index in [2.05, 4.69) is 4.98 Å². The molecular weight excluding hydrogens is 422 g/mol. The molecule has 160 valence electrons. The maximum absolute atomic E-state index is 13.3. The van der Waals surface area contributed by atoms with Gasteiger partial charge in [-0.25, -0.2) is 13.4 Å². The molecule has 0 saturated carbocycles. The Hall–Kier alpha value is -2.49. The van der Waals surface area contributed by atoms with Crippen molar-refractivity contribution in [3.8, 4) is 5.75 Å². The number of anilines is 1. The number of benzene rings is 2. The first-order chi connectivity index (χ1) is 14.2. The normalized spacial score (nSPS) is 11.8. The number of carbonyl (C=O) groups is 1. The molecular formula is C21H25N3O4S2. The number of aromatic nitrogens is 1. The van der Waals surface area contributed by atoms with Crippen LogP contribution in [0.2, 0.25) is 0 Å². The standard InChI is InChI=1S/C21H25N3O4S2/c1-5-30(26,27)17-9-6-15(7-10-17)20(25)24(13-12-23(2)3)21-22-18-11-8-16(28-4)14-19(18)29-21/h6-11,14H,5,12-13H2,1-4H3. The number of likely N-dealkylation sites (N-methyl/N-ethyl adjacent to an activating group) is 1. The molecule has 0 aliphatic carbocycles. The first-order valence-electron chi connectivity index (χ1n) is 9.49. The lowest BCUT2D eigenvalue weighted by Gasteiger charge is -2.22. The number of hydrogen-bond acceptors (Lipinski definition) is 7. The SMILES string of the molecule is CCS(=O)(=O)c1ccc(C(=O)N(CCN(C)C)c2nc3ccc(OC)cc3s2)cc1. The molecule has 0 radical (unpaired) electrons. The Bertz CT molecular complexity index is 1140. The number of hydrogen-bond donors (Lipinski definition) is 0. The summed E-state index contributed by atoms with van der Waals surface area (Å²) >= 11 is 1.42. The summed E-state index contributed by atoms with van der Waals surface area (Å²) in [5.74, 6) is 0.532. The number of thiazole rings is 1. The number of fused-ring (bicyclic) bond motifs is 1. The predicted octanol–water partition coefficient (Wildman–Crippen LogP) is 3.31. The third kappa shape index (κ3) is 4.80. The van der Waals surface area contributed by atoms with Crippen molar-refractivity contribution in [2.75, 3.05) is 44.9 Å². The van der Waals surface area contributed by atoms with Crippen molar-refractivity contribution in [2.45, 2.75) is 11.8 Å². The summed E-state index contributed by atoms with van der Waals surface area (Å²) in [6.07, 6.45) is 0. The van der Waals surface area contributed by atoms with E-state index in [9.17, 15) is 13.2 Å². The van der Waals surface area contributed by atoms with Crippen molar-refractivity contribution >= 4 is 42.4 Å². The zero-order valence-corrected chi connectivity index (χ0v) is 19.1. The monoisotopic (exact) mass is 447 g/mol. The van der Waals surface area contributed by atoms with Gasteiger partial charge in [0, 0.05) is 18.7 Å². The molecule has 2 aromatic carbocycles. The van der Waals surface area contributed by atoms with Crippen LogP contribution in [-0.4, -0.2) is 64.3 Å². The highest BCUT2D eigenvalue weighted by atomic mass is 32.2. The quantitative estimate of drug-likeness (QED) is 0.527. The fourth-order valence-electron chi connectivity index (χ4n) is 2.85. The second-order valence-electron chi connectivity index (χ2n) is 7.02. The summed E-state index contributed by atoms with van der Waals surface area (Å²) in [4.78, 5) is 21.8. The van der Waals surface area contributed by atoms with E-state index in [1.54, 1.807) is 31.1 Å². The van der Waals surface area contributed by atoms with Gasteiger partial charge in [-0.05, 0) is 56.6 Å². The van der Waals surface area contributed by atoms with Crippen LogP contribution in [0.1, 0.15) is 17.3 Å². The lowest BCUT2D eigenvalue weighted by Crippen LogP contribution is -2.36. The van der Waals surface area contributed by atoms with Gasteiger partial charge >= 0.3 is 0 Å². The number of ether oxygens (including phenoxy) is 1. The van der Waals surface area contributed by atoms with Crippen molar-refractivity contribution in [3.63, 3.8) is 0 Å². The Labute approximate surface area is 180 Å². The molecule has 7 nitrogen and oxygen atoms in total. The van der Waals surface area contributed by atoms with Crippen LogP contribution in [0.3, 0.4) is 0 Å². The Balaban J connectivity index is 1.96. The fourth-order valence-corrected chi connectivity index (χ4v) is 4.75. The average Bonchev–Trinajstić information content (AvgIpc) is 3.16. The molecule has 0 atom stereocenters. The molecule has 1 aromatic heterocycles. The van der Waals surface area contributed by atoms with Crippen LogP contribution in [-0.2, 0) is 9.84 Å². The van der Waals surface area contributed by atoms with Crippen LogP contribution in [0.4, 0.5) is 5.13 Å². The Morgan fingerprint density at radius 2 is 1.80 bits per heavy atom. The van der Waals surface area contributed by atoms with Crippen molar-refractivity contribution < 1.29 is 17.9 Å². The van der Waals surface area contributed by atoms with Crippen LogP contribution in [0.15, 0.2) is 47.4 Å². The van der Waals surface area contributed by atoms with Crippen LogP contribution in [0, 0.1) is 0 Å². The molecule has 0 bridgehead atoms. The van der Waals surface area contributed by atoms with Crippen LogP contribution < -0.4 is 9.64 Å². The lowest BCUT2D eigenvalue weighted by atomic mass is 10.2. The van der Waals surface area contributed by atoms with Crippen LogP contribution in [0.25, 0.3) is 10.2 Å². The molecule has 9 heteroatoms. The summed E-state index contributed by atoms with van der Waals surface area (Å²) in [6, 6.07) is 11.7. The average molecular weight is 448 g/mol. The predicted molar refractivity (Wildman–Crippen MR) is 121 cm³/mol. The number of amides is 1. The summed E-state index contributed by atoms with van der Waals surface area (Å²) in [6.45, 7) is 2.71. The first-order valence-corrected chi connectivity index (χ1v) is 12.0. The highest BCUT2D eigenvalue weighted by Crippen LogP contribution is 2.32. The van der Waals surface area contributed by atoms with E-state index >= 15 is 0 Å². The van der Waals surface area contributed by atoms with E-state index < -0.39 is 9.84 Å². The summed E-state index contributed by atoms with van der Waals surface area (Å²) < 4.78 is 30.3. The number of sulfone groups is 1. The minimum atomic E-state index is -3.31. The van der Waals surface area contributed by atoms with Gasteiger partial charge in [0.1, 0.15) is 5.75 Å². The van der Waals surface area contributed by atoms with E-state index in [4.69, 9.17) is 4.74 Å². The van der Waals surface area contributed by atoms with Gasteiger partial charge in [-0.3, -0.25) is 9.69 Å². The van der Waals surface area contributed by atoms with E-state index in [1.807, 2.05) is 37.2 Å². The van der Waals surface area contributed by atoms with Gasteiger partial charge in [-0.15, -0.1) is 0 Å². The summed E-state index contributed by atoms with van der Waals surface area (Å²) in [5.41, 5.74) is 1.21. The zero-order valence-electron chi connectivity index (χ0n) is 17.5. The molecule has 3 rings (SSSR count). The van der Waals surface area contributed by atoms with E-state index in [1.165, 1.54) is 23.5 Å². The molecule has 0 aliphatic heterocycles. The molecule has 0 unspecified atom stereocenters. The molecule has 30 heavy (non-hydrogen) atoms. The number of rotatable bonds is 8. The zero-order chi connectivity index (χ0) is 21.9. The molecule has 1 amide bonds. The minimum absolute atomic E-state index is 0.0183. The van der Waals surface area contributed by atoms with E-state index in [0.717, 1.165) is 16.0 Å². The molecule has 0 fully saturated rings. The van der Waals surface area contributed by atoms with E-state index in [0.29, 0.717) is 23.8 Å². The van der Waals surface area contributed by atoms with Gasteiger partial charge in [0.15, 0.2) is 15.0 Å². The van der Waals surface area contributed by atoms with Gasteiger partial charge in [-0.1, -0.05) is 18.3 Å². The van der Waals surface area contributed by atoms with Crippen molar-refractivity contribution in [2.24, 2.45) is 0 Å². The minimum Gasteiger partial charge on any atom is -0.497 e. The number of methoxy groups -OCH3 is 1. The van der Waals surface area contributed by atoms with Crippen molar-refractivity contribution in [1.29, 1.82) is 0 Å². The van der Waals surface area contributed by atoms with E-state index in [-0.39, 0.29) is 16.6 Å². The second-order valence-corrected chi connectivity index (χ2v) is 10.3. The molecule has 0 spiro atoms. The summed E-state index contributed by atoms with van der Waals surface area (Å²) in [5, 5.41) is 0.593. The molecule has 3 aromatic rings. The maximum Gasteiger partial charge on any atom is 0.260 e. The maximum atomic E-state index is 13.3. The Kier molecular flexibility index (Phi) is 6.74. The van der Waals surface area contributed by atoms with Gasteiger partial charge in [-0.2, -0.15) is 0 Å². The fraction of sp³-hybridized carbons (Fsp3) is 0.333. The molecule has 0 aliphatic rings. The smallest absolute Gasteiger partial charge is 0.260 e. The number of nitrogens with zero attached hydrogens (tertiary/aromatic N) is 3. The number of carbonyl (C=O) groups excluding carboxylic acids is 1. The largest absolute Gasteiger partial charge is 0.497 e. The highest BCUT2D eigenvalue weighted by molar-refractivity contribution is 7.91. The van der Waals surface area contributed by atoms with Gasteiger partial charge in [0.2, 0.25) is 0 Å². The second kappa shape index (κ2) is 9.11.